The molecule has 1 fully saturated rings. The number of halogens is 3. The molecule has 31 heavy (non-hydrogen) atoms. The van der Waals surface area contributed by atoms with Gasteiger partial charge in [-0.25, -0.2) is 4.79 Å². The molecule has 3 heterocycles. The maximum Gasteiger partial charge on any atom is 0.427 e. The van der Waals surface area contributed by atoms with Crippen molar-refractivity contribution in [1.82, 2.24) is 19.4 Å². The fourth-order valence-corrected chi connectivity index (χ4v) is 5.16. The fourth-order valence-electron chi connectivity index (χ4n) is 3.43. The predicted molar refractivity (Wildman–Crippen MR) is 119 cm³/mol. The Balaban J connectivity index is 1.71. The first-order chi connectivity index (χ1) is 14.5. The summed E-state index contributed by atoms with van der Waals surface area (Å²) in [5.74, 6) is -0.0663. The fraction of sp³-hybridized carbons (Fsp3) is 0.579. The Morgan fingerprint density at radius 1 is 1.39 bits per heavy atom. The third-order valence-electron chi connectivity index (χ3n) is 4.94. The van der Waals surface area contributed by atoms with Gasteiger partial charge in [-0.3, -0.25) is 13.7 Å². The number of likely N-dealkylation sites (N-methyl/N-ethyl adjacent to an activating group) is 1. The zero-order chi connectivity index (χ0) is 22.8. The number of urea groups is 1. The molecule has 0 aromatic carbocycles. The molecule has 2 aromatic rings. The number of nitrogens with zero attached hydrogens (tertiary/aromatic N) is 4. The molecule has 1 saturated heterocycles. The highest BCUT2D eigenvalue weighted by molar-refractivity contribution is 7.99. The van der Waals surface area contributed by atoms with E-state index in [1.807, 2.05) is 31.4 Å². The number of likely N-dealkylation sites (tertiary alicyclic amines) is 1. The van der Waals surface area contributed by atoms with Gasteiger partial charge in [0, 0.05) is 24.7 Å². The van der Waals surface area contributed by atoms with Crippen molar-refractivity contribution in [3.63, 3.8) is 0 Å². The standard InChI is InChI=1S/C19H27F3N6OS2/c1-12(2)16-8-15(17(30-16)19(20,21)22)24-18(29)25-31-28(14-9-23-27(4)11-14)13-6-5-7-26(3)10-13/h8-9,11-13H,5-7,10H2,1-4H3,(H2,24,25,29). The molecule has 7 nitrogen and oxygen atoms in total. The Labute approximate surface area is 188 Å². The molecule has 1 aliphatic heterocycles. The second-order valence-corrected chi connectivity index (χ2v) is 9.81. The summed E-state index contributed by atoms with van der Waals surface area (Å²) in [5.41, 5.74) is 0.603. The van der Waals surface area contributed by atoms with E-state index in [9.17, 15) is 18.0 Å². The summed E-state index contributed by atoms with van der Waals surface area (Å²) >= 11 is 1.73. The van der Waals surface area contributed by atoms with Gasteiger partial charge < -0.3 is 10.2 Å². The number of piperidine rings is 1. The van der Waals surface area contributed by atoms with E-state index in [2.05, 4.69) is 20.0 Å². The number of anilines is 2. The Kier molecular flexibility index (Phi) is 7.43. The first-order valence-electron chi connectivity index (χ1n) is 9.96. The number of carbonyl (C=O) groups excluding carboxylic acids is 1. The SMILES string of the molecule is CC(C)c1cc(NC(=O)NSN(c2cnn(C)c2)C2CCCN(C)C2)c(C(F)(F)F)s1. The van der Waals surface area contributed by atoms with E-state index in [-0.39, 0.29) is 17.6 Å². The zero-order valence-corrected chi connectivity index (χ0v) is 19.5. The number of hydrogen-bond acceptors (Lipinski definition) is 6. The van der Waals surface area contributed by atoms with Gasteiger partial charge in [-0.15, -0.1) is 11.3 Å². The molecule has 2 N–H and O–H groups in total. The molecule has 1 unspecified atom stereocenters. The molecular weight excluding hydrogens is 449 g/mol. The molecule has 0 spiro atoms. The third-order valence-corrected chi connectivity index (χ3v) is 7.40. The molecule has 0 bridgehead atoms. The van der Waals surface area contributed by atoms with Crippen molar-refractivity contribution < 1.29 is 18.0 Å². The van der Waals surface area contributed by atoms with Gasteiger partial charge in [0.15, 0.2) is 0 Å². The van der Waals surface area contributed by atoms with Crippen LogP contribution in [0.5, 0.6) is 0 Å². The van der Waals surface area contributed by atoms with Crippen LogP contribution in [-0.2, 0) is 13.2 Å². The summed E-state index contributed by atoms with van der Waals surface area (Å²) in [6.45, 7) is 5.45. The summed E-state index contributed by atoms with van der Waals surface area (Å²) in [4.78, 5) is 14.5. The van der Waals surface area contributed by atoms with Crippen LogP contribution >= 0.6 is 23.5 Å². The molecule has 0 saturated carbocycles. The normalized spacial score (nSPS) is 17.7. The lowest BCUT2D eigenvalue weighted by atomic mass is 10.1. The molecule has 1 aliphatic rings. The van der Waals surface area contributed by atoms with Crippen LogP contribution < -0.4 is 14.3 Å². The van der Waals surface area contributed by atoms with Crippen molar-refractivity contribution in [2.45, 2.75) is 44.8 Å². The maximum atomic E-state index is 13.4. The Morgan fingerprint density at radius 3 is 2.71 bits per heavy atom. The molecule has 12 heteroatoms. The highest BCUT2D eigenvalue weighted by atomic mass is 32.2. The minimum Gasteiger partial charge on any atom is -0.306 e. The van der Waals surface area contributed by atoms with E-state index in [1.54, 1.807) is 17.9 Å². The molecular formula is C19H27F3N6OS2. The summed E-state index contributed by atoms with van der Waals surface area (Å²) in [6.07, 6.45) is 0.984. The summed E-state index contributed by atoms with van der Waals surface area (Å²) < 4.78 is 46.5. The van der Waals surface area contributed by atoms with Crippen LogP contribution in [0.2, 0.25) is 0 Å². The smallest absolute Gasteiger partial charge is 0.306 e. The minimum atomic E-state index is -4.53. The molecule has 0 aliphatic carbocycles. The Hall–Kier alpha value is -1.92. The number of aryl methyl sites for hydroxylation is 1. The number of hydrogen-bond donors (Lipinski definition) is 2. The summed E-state index contributed by atoms with van der Waals surface area (Å²) in [6, 6.07) is 0.825. The van der Waals surface area contributed by atoms with Gasteiger partial charge in [0.1, 0.15) is 4.88 Å². The van der Waals surface area contributed by atoms with Crippen LogP contribution in [0.4, 0.5) is 29.3 Å². The summed E-state index contributed by atoms with van der Waals surface area (Å²) in [7, 11) is 3.85. The monoisotopic (exact) mass is 476 g/mol. The van der Waals surface area contributed by atoms with Crippen molar-refractivity contribution >= 4 is 40.9 Å². The number of amides is 2. The van der Waals surface area contributed by atoms with Gasteiger partial charge in [-0.1, -0.05) is 13.8 Å². The highest BCUT2D eigenvalue weighted by Crippen LogP contribution is 2.43. The second-order valence-electron chi connectivity index (χ2n) is 7.95. The van der Waals surface area contributed by atoms with Gasteiger partial charge in [-0.05, 0) is 38.4 Å². The van der Waals surface area contributed by atoms with Crippen LogP contribution in [0.3, 0.4) is 0 Å². The molecule has 172 valence electrons. The highest BCUT2D eigenvalue weighted by Gasteiger charge is 2.37. The Bertz CT molecular complexity index is 898. The van der Waals surface area contributed by atoms with E-state index in [1.165, 1.54) is 6.07 Å². The van der Waals surface area contributed by atoms with Crippen molar-refractivity contribution in [2.75, 3.05) is 29.8 Å². The number of nitrogens with one attached hydrogen (secondary N) is 2. The third kappa shape index (κ3) is 6.07. The van der Waals surface area contributed by atoms with Gasteiger partial charge in [0.25, 0.3) is 0 Å². The lowest BCUT2D eigenvalue weighted by Gasteiger charge is -2.37. The largest absolute Gasteiger partial charge is 0.427 e. The average molecular weight is 477 g/mol. The predicted octanol–water partition coefficient (Wildman–Crippen LogP) is 4.91. The first-order valence-corrected chi connectivity index (χ1v) is 11.5. The molecule has 2 aromatic heterocycles. The average Bonchev–Trinajstić information content (AvgIpc) is 3.28. The van der Waals surface area contributed by atoms with E-state index >= 15 is 0 Å². The zero-order valence-electron chi connectivity index (χ0n) is 17.9. The lowest BCUT2D eigenvalue weighted by Crippen LogP contribution is -2.45. The number of carbonyl (C=O) groups is 1. The number of alkyl halides is 3. The van der Waals surface area contributed by atoms with Crippen molar-refractivity contribution in [2.24, 2.45) is 7.05 Å². The number of aromatic nitrogens is 2. The van der Waals surface area contributed by atoms with Gasteiger partial charge >= 0.3 is 12.2 Å². The van der Waals surface area contributed by atoms with Gasteiger partial charge in [0.05, 0.1) is 35.7 Å². The van der Waals surface area contributed by atoms with Crippen LogP contribution in [0.25, 0.3) is 0 Å². The molecule has 1 atom stereocenters. The summed E-state index contributed by atoms with van der Waals surface area (Å²) in [5, 5.41) is 6.58. The van der Waals surface area contributed by atoms with Gasteiger partial charge in [0.2, 0.25) is 0 Å². The number of rotatable bonds is 6. The van der Waals surface area contributed by atoms with E-state index < -0.39 is 17.1 Å². The molecule has 0 radical (unpaired) electrons. The van der Waals surface area contributed by atoms with Crippen LogP contribution in [-0.4, -0.2) is 46.9 Å². The number of thiophene rings is 1. The van der Waals surface area contributed by atoms with E-state index in [0.29, 0.717) is 16.2 Å². The van der Waals surface area contributed by atoms with Crippen molar-refractivity contribution in [1.29, 1.82) is 0 Å². The van der Waals surface area contributed by atoms with Crippen LogP contribution in [0.15, 0.2) is 18.5 Å². The minimum absolute atomic E-state index is 0.0663. The van der Waals surface area contributed by atoms with Gasteiger partial charge in [-0.2, -0.15) is 18.3 Å². The topological polar surface area (TPSA) is 65.4 Å². The maximum absolute atomic E-state index is 13.4. The van der Waals surface area contributed by atoms with Crippen LogP contribution in [0.1, 0.15) is 42.4 Å². The van der Waals surface area contributed by atoms with Crippen molar-refractivity contribution in [3.05, 3.63) is 28.2 Å². The quantitative estimate of drug-likeness (QED) is 0.580. The first kappa shape index (κ1) is 23.7. The lowest BCUT2D eigenvalue weighted by molar-refractivity contribution is -0.133. The Morgan fingerprint density at radius 2 is 2.13 bits per heavy atom. The molecule has 3 rings (SSSR count). The molecule has 2 amide bonds. The van der Waals surface area contributed by atoms with Crippen molar-refractivity contribution in [3.8, 4) is 0 Å². The van der Waals surface area contributed by atoms with E-state index in [0.717, 1.165) is 43.8 Å². The van der Waals surface area contributed by atoms with Crippen LogP contribution in [0, 0.1) is 0 Å². The van der Waals surface area contributed by atoms with E-state index in [4.69, 9.17) is 0 Å². The second kappa shape index (κ2) is 9.70.